The van der Waals surface area contributed by atoms with Gasteiger partial charge in [-0.05, 0) is 46.3 Å². The fraction of sp³-hybridized carbons (Fsp3) is 0.667. The first-order valence-corrected chi connectivity index (χ1v) is 3.84. The Labute approximate surface area is 64.7 Å². The number of unbranched alkanes of at least 4 members (excludes halogenated alkanes) is 3. The lowest BCUT2D eigenvalue weighted by Crippen LogP contribution is -2.12. The van der Waals surface area contributed by atoms with Gasteiger partial charge in [0.05, 0.1) is 0 Å². The van der Waals surface area contributed by atoms with Crippen LogP contribution >= 0.6 is 0 Å². The fourth-order valence-electron chi connectivity index (χ4n) is 0.788. The van der Waals surface area contributed by atoms with Crippen molar-refractivity contribution >= 4 is 0 Å². The second kappa shape index (κ2) is 6.81. The summed E-state index contributed by atoms with van der Waals surface area (Å²) < 4.78 is 0. The van der Waals surface area contributed by atoms with E-state index in [1.165, 1.54) is 19.4 Å². The van der Waals surface area contributed by atoms with Crippen LogP contribution in [0.15, 0.2) is 12.7 Å². The Balaban J connectivity index is 2.83. The van der Waals surface area contributed by atoms with Crippen LogP contribution < -0.4 is 0 Å². The zero-order valence-corrected chi connectivity index (χ0v) is 7.14. The Morgan fingerprint density at radius 3 is 2.60 bits per heavy atom. The van der Waals surface area contributed by atoms with E-state index in [2.05, 4.69) is 32.0 Å². The zero-order valence-electron chi connectivity index (χ0n) is 7.14. The van der Waals surface area contributed by atoms with Crippen LogP contribution in [0.1, 0.15) is 19.3 Å². The summed E-state index contributed by atoms with van der Waals surface area (Å²) >= 11 is 0. The molecule has 0 N–H and O–H groups in total. The molecule has 0 unspecified atom stereocenters. The Morgan fingerprint density at radius 1 is 1.40 bits per heavy atom. The van der Waals surface area contributed by atoms with Crippen molar-refractivity contribution in [2.24, 2.45) is 0 Å². The highest BCUT2D eigenvalue weighted by atomic mass is 15.0. The van der Waals surface area contributed by atoms with Crippen molar-refractivity contribution < 1.29 is 0 Å². The van der Waals surface area contributed by atoms with E-state index < -0.39 is 0 Å². The van der Waals surface area contributed by atoms with Crippen molar-refractivity contribution in [1.82, 2.24) is 4.90 Å². The molecule has 0 atom stereocenters. The Morgan fingerprint density at radius 2 is 2.10 bits per heavy atom. The first-order valence-electron chi connectivity index (χ1n) is 3.84. The molecule has 0 aliphatic carbocycles. The second-order valence-electron chi connectivity index (χ2n) is 2.76. The summed E-state index contributed by atoms with van der Waals surface area (Å²) in [5, 5.41) is 0. The lowest BCUT2D eigenvalue weighted by molar-refractivity contribution is 0.399. The van der Waals surface area contributed by atoms with Gasteiger partial charge in [0.1, 0.15) is 0 Å². The van der Waals surface area contributed by atoms with Crippen molar-refractivity contribution in [2.75, 3.05) is 20.6 Å². The summed E-state index contributed by atoms with van der Waals surface area (Å²) in [7, 11) is 4.21. The van der Waals surface area contributed by atoms with Crippen molar-refractivity contribution in [3.05, 3.63) is 19.1 Å². The largest absolute Gasteiger partial charge is 0.309 e. The maximum Gasteiger partial charge on any atom is -0.00247 e. The van der Waals surface area contributed by atoms with Gasteiger partial charge in [-0.15, -0.1) is 6.58 Å². The molecular weight excluding hydrogens is 122 g/mol. The summed E-state index contributed by atoms with van der Waals surface area (Å²) in [5.74, 6) is 0. The van der Waals surface area contributed by atoms with Crippen LogP contribution in [0.5, 0.6) is 0 Å². The predicted molar refractivity (Wildman–Crippen MR) is 46.9 cm³/mol. The maximum atomic E-state index is 3.65. The lowest BCUT2D eigenvalue weighted by atomic mass is 10.2. The molecule has 0 aliphatic heterocycles. The Bertz CT molecular complexity index is 76.8. The van der Waals surface area contributed by atoms with E-state index in [1.807, 2.05) is 6.08 Å². The topological polar surface area (TPSA) is 3.24 Å². The first-order chi connectivity index (χ1) is 4.77. The molecule has 1 heteroatoms. The molecule has 1 radical (unpaired) electrons. The Kier molecular flexibility index (Phi) is 6.61. The third-order valence-electron chi connectivity index (χ3n) is 1.35. The molecule has 0 heterocycles. The highest BCUT2D eigenvalue weighted by molar-refractivity contribution is 4.77. The van der Waals surface area contributed by atoms with E-state index in [1.54, 1.807) is 0 Å². The van der Waals surface area contributed by atoms with Gasteiger partial charge in [0.2, 0.25) is 0 Å². The van der Waals surface area contributed by atoms with Crippen LogP contribution in [0.25, 0.3) is 0 Å². The van der Waals surface area contributed by atoms with Gasteiger partial charge in [0, 0.05) is 0 Å². The van der Waals surface area contributed by atoms with E-state index in [0.29, 0.717) is 0 Å². The van der Waals surface area contributed by atoms with E-state index in [9.17, 15) is 0 Å². The number of rotatable bonds is 6. The molecule has 10 heavy (non-hydrogen) atoms. The van der Waals surface area contributed by atoms with Crippen LogP contribution in [0.2, 0.25) is 0 Å². The van der Waals surface area contributed by atoms with Crippen molar-refractivity contribution in [2.45, 2.75) is 19.3 Å². The van der Waals surface area contributed by atoms with Gasteiger partial charge >= 0.3 is 0 Å². The molecule has 0 saturated heterocycles. The normalized spacial score (nSPS) is 10.3. The lowest BCUT2D eigenvalue weighted by Gasteiger charge is -2.07. The van der Waals surface area contributed by atoms with Gasteiger partial charge in [-0.25, -0.2) is 0 Å². The van der Waals surface area contributed by atoms with Crippen molar-refractivity contribution in [3.63, 3.8) is 0 Å². The summed E-state index contributed by atoms with van der Waals surface area (Å²) in [6.45, 7) is 4.84. The summed E-state index contributed by atoms with van der Waals surface area (Å²) in [6, 6.07) is 0. The van der Waals surface area contributed by atoms with Gasteiger partial charge in [-0.3, -0.25) is 0 Å². The fourth-order valence-corrected chi connectivity index (χ4v) is 0.788. The molecule has 0 aromatic rings. The standard InChI is InChI=1S/C9H18N/c1-4-5-6-7-8-9-10(2)3/h4,6H,1,5,7-9H2,2-3H3. The van der Waals surface area contributed by atoms with Crippen LogP contribution in [-0.2, 0) is 0 Å². The van der Waals surface area contributed by atoms with Crippen LogP contribution in [0.4, 0.5) is 0 Å². The third-order valence-corrected chi connectivity index (χ3v) is 1.35. The van der Waals surface area contributed by atoms with Crippen LogP contribution in [-0.4, -0.2) is 25.5 Å². The molecule has 1 nitrogen and oxygen atoms in total. The molecule has 59 valence electrons. The predicted octanol–water partition coefficient (Wildman–Crippen LogP) is 2.11. The average Bonchev–Trinajstić information content (AvgIpc) is 1.87. The number of hydrogen-bond donors (Lipinski definition) is 0. The zero-order chi connectivity index (χ0) is 7.82. The van der Waals surface area contributed by atoms with E-state index in [-0.39, 0.29) is 0 Å². The molecule has 0 aliphatic rings. The molecule has 0 amide bonds. The highest BCUT2D eigenvalue weighted by Gasteiger charge is 1.89. The van der Waals surface area contributed by atoms with Gasteiger partial charge in [0.25, 0.3) is 0 Å². The van der Waals surface area contributed by atoms with E-state index in [0.717, 1.165) is 6.42 Å². The molecule has 0 fully saturated rings. The van der Waals surface area contributed by atoms with Crippen LogP contribution in [0.3, 0.4) is 0 Å². The quantitative estimate of drug-likeness (QED) is 0.403. The third kappa shape index (κ3) is 7.70. The van der Waals surface area contributed by atoms with Gasteiger partial charge in [0.15, 0.2) is 0 Å². The highest BCUT2D eigenvalue weighted by Crippen LogP contribution is 1.98. The maximum absolute atomic E-state index is 3.65. The first kappa shape index (κ1) is 9.70. The van der Waals surface area contributed by atoms with Gasteiger partial charge in [-0.1, -0.05) is 6.08 Å². The minimum atomic E-state index is 1.05. The van der Waals surface area contributed by atoms with E-state index >= 15 is 0 Å². The average molecular weight is 140 g/mol. The molecular formula is C9H18N. The molecule has 0 rings (SSSR count). The monoisotopic (exact) mass is 140 g/mol. The van der Waals surface area contributed by atoms with E-state index in [4.69, 9.17) is 0 Å². The SMILES string of the molecule is C=CC[CH]CCCN(C)C. The molecule has 0 bridgehead atoms. The minimum absolute atomic E-state index is 1.05. The molecule has 0 aromatic carbocycles. The molecule has 0 aromatic heterocycles. The number of allylic oxidation sites excluding steroid dienone is 1. The smallest absolute Gasteiger partial charge is 0.00247 e. The summed E-state index contributed by atoms with van der Waals surface area (Å²) in [5.41, 5.74) is 0. The second-order valence-corrected chi connectivity index (χ2v) is 2.76. The molecule has 0 saturated carbocycles. The Hall–Kier alpha value is -0.300. The summed E-state index contributed by atoms with van der Waals surface area (Å²) in [6.07, 6.45) is 7.74. The minimum Gasteiger partial charge on any atom is -0.309 e. The number of hydrogen-bond acceptors (Lipinski definition) is 1. The summed E-state index contributed by atoms with van der Waals surface area (Å²) in [4.78, 5) is 2.21. The van der Waals surface area contributed by atoms with Crippen molar-refractivity contribution in [1.29, 1.82) is 0 Å². The van der Waals surface area contributed by atoms with Crippen molar-refractivity contribution in [3.8, 4) is 0 Å². The van der Waals surface area contributed by atoms with Gasteiger partial charge < -0.3 is 4.90 Å². The van der Waals surface area contributed by atoms with Gasteiger partial charge in [-0.2, -0.15) is 0 Å². The van der Waals surface area contributed by atoms with Crippen LogP contribution in [0, 0.1) is 6.42 Å². The number of nitrogens with zero attached hydrogens (tertiary/aromatic N) is 1. The molecule has 0 spiro atoms.